The lowest BCUT2D eigenvalue weighted by molar-refractivity contribution is -0.110. The Labute approximate surface area is 89.4 Å². The molecule has 14 heavy (non-hydrogen) atoms. The molecule has 0 N–H and O–H groups in total. The van der Waals surface area contributed by atoms with Crippen LogP contribution in [0, 0.1) is 0 Å². The van der Waals surface area contributed by atoms with Gasteiger partial charge in [0.1, 0.15) is 0 Å². The van der Waals surface area contributed by atoms with E-state index in [4.69, 9.17) is 11.6 Å². The van der Waals surface area contributed by atoms with Crippen LogP contribution in [-0.2, 0) is 4.79 Å². The van der Waals surface area contributed by atoms with Crippen LogP contribution in [0.1, 0.15) is 24.8 Å². The molecule has 0 heterocycles. The van der Waals surface area contributed by atoms with Crippen molar-refractivity contribution in [1.29, 1.82) is 0 Å². The van der Waals surface area contributed by atoms with Crippen LogP contribution in [-0.4, -0.2) is 5.24 Å². The first-order valence-corrected chi connectivity index (χ1v) is 4.98. The Kier molecular flexibility index (Phi) is 4.41. The molecule has 0 radical (unpaired) electrons. The summed E-state index contributed by atoms with van der Waals surface area (Å²) >= 11 is 5.22. The molecule has 0 bridgehead atoms. The first-order chi connectivity index (χ1) is 6.70. The zero-order chi connectivity index (χ0) is 10.4. The second-order valence-electron chi connectivity index (χ2n) is 3.19. The summed E-state index contributed by atoms with van der Waals surface area (Å²) in [6, 6.07) is 10.1. The molecule has 0 spiro atoms. The molecular formula is C12H13ClO. The summed E-state index contributed by atoms with van der Waals surface area (Å²) in [6.07, 6.45) is 4.11. The molecule has 1 rings (SSSR count). The zero-order valence-electron chi connectivity index (χ0n) is 8.11. The predicted molar refractivity (Wildman–Crippen MR) is 59.5 cm³/mol. The number of hydrogen-bond donors (Lipinski definition) is 0. The maximum Gasteiger partial charge on any atom is 0.225 e. The van der Waals surface area contributed by atoms with Gasteiger partial charge in [0.25, 0.3) is 0 Å². The number of hydrogen-bond acceptors (Lipinski definition) is 1. The summed E-state index contributed by atoms with van der Waals surface area (Å²) in [5, 5.41) is -0.318. The SMILES string of the molecule is CC(/C=C\CC(=O)Cl)c1ccccc1. The molecule has 2 heteroatoms. The minimum atomic E-state index is -0.318. The lowest BCUT2D eigenvalue weighted by Crippen LogP contribution is -1.88. The summed E-state index contributed by atoms with van der Waals surface area (Å²) in [4.78, 5) is 10.5. The highest BCUT2D eigenvalue weighted by molar-refractivity contribution is 6.63. The second kappa shape index (κ2) is 5.61. The van der Waals surface area contributed by atoms with Crippen LogP contribution in [0.4, 0.5) is 0 Å². The van der Waals surface area contributed by atoms with Crippen molar-refractivity contribution < 1.29 is 4.79 Å². The van der Waals surface area contributed by atoms with Gasteiger partial charge in [-0.25, -0.2) is 0 Å². The van der Waals surface area contributed by atoms with Crippen molar-refractivity contribution >= 4 is 16.8 Å². The van der Waals surface area contributed by atoms with Crippen molar-refractivity contribution in [3.63, 3.8) is 0 Å². The van der Waals surface area contributed by atoms with Gasteiger partial charge in [-0.05, 0) is 23.1 Å². The summed E-state index contributed by atoms with van der Waals surface area (Å²) in [6.45, 7) is 2.09. The van der Waals surface area contributed by atoms with E-state index >= 15 is 0 Å². The molecule has 0 saturated heterocycles. The Morgan fingerprint density at radius 1 is 1.43 bits per heavy atom. The molecule has 1 unspecified atom stereocenters. The third-order valence-electron chi connectivity index (χ3n) is 2.03. The van der Waals surface area contributed by atoms with Crippen LogP contribution in [0.25, 0.3) is 0 Å². The Hall–Kier alpha value is -1.08. The van der Waals surface area contributed by atoms with E-state index in [-0.39, 0.29) is 5.24 Å². The van der Waals surface area contributed by atoms with Crippen molar-refractivity contribution in [3.8, 4) is 0 Å². The minimum absolute atomic E-state index is 0.304. The molecule has 0 saturated carbocycles. The van der Waals surface area contributed by atoms with Crippen molar-refractivity contribution in [2.45, 2.75) is 19.3 Å². The van der Waals surface area contributed by atoms with Crippen LogP contribution in [0.2, 0.25) is 0 Å². The van der Waals surface area contributed by atoms with Crippen molar-refractivity contribution in [3.05, 3.63) is 48.0 Å². The summed E-state index contributed by atoms with van der Waals surface area (Å²) in [7, 11) is 0. The fraction of sp³-hybridized carbons (Fsp3) is 0.250. The quantitative estimate of drug-likeness (QED) is 0.547. The third kappa shape index (κ3) is 3.75. The molecule has 0 aliphatic carbocycles. The van der Waals surface area contributed by atoms with Gasteiger partial charge in [0, 0.05) is 6.42 Å². The van der Waals surface area contributed by atoms with Crippen LogP contribution >= 0.6 is 11.6 Å². The molecule has 0 aliphatic heterocycles. The van der Waals surface area contributed by atoms with Gasteiger partial charge in [0.15, 0.2) is 0 Å². The molecule has 1 nitrogen and oxygen atoms in total. The van der Waals surface area contributed by atoms with Gasteiger partial charge in [-0.1, -0.05) is 49.4 Å². The molecule has 1 aromatic rings. The average molecular weight is 209 g/mol. The molecule has 0 aromatic heterocycles. The number of carbonyl (C=O) groups excluding carboxylic acids is 1. The Morgan fingerprint density at radius 2 is 2.07 bits per heavy atom. The third-order valence-corrected chi connectivity index (χ3v) is 2.18. The standard InChI is InChI=1S/C12H13ClO/c1-10(6-5-9-12(13)14)11-7-3-2-4-8-11/h2-8,10H,9H2,1H3/b6-5-. The summed E-state index contributed by atoms with van der Waals surface area (Å²) in [5.41, 5.74) is 1.24. The van der Waals surface area contributed by atoms with E-state index in [2.05, 4.69) is 19.1 Å². The minimum Gasteiger partial charge on any atom is -0.281 e. The molecule has 0 amide bonds. The fourth-order valence-corrected chi connectivity index (χ4v) is 1.32. The van der Waals surface area contributed by atoms with Gasteiger partial charge in [0.2, 0.25) is 5.24 Å². The highest BCUT2D eigenvalue weighted by atomic mass is 35.5. The smallest absolute Gasteiger partial charge is 0.225 e. The Morgan fingerprint density at radius 3 is 2.64 bits per heavy atom. The topological polar surface area (TPSA) is 17.1 Å². The van der Waals surface area contributed by atoms with Crippen molar-refractivity contribution in [1.82, 2.24) is 0 Å². The van der Waals surface area contributed by atoms with Crippen molar-refractivity contribution in [2.75, 3.05) is 0 Å². The van der Waals surface area contributed by atoms with E-state index in [1.807, 2.05) is 30.4 Å². The van der Waals surface area contributed by atoms with Crippen LogP contribution in [0.5, 0.6) is 0 Å². The largest absolute Gasteiger partial charge is 0.281 e. The maximum atomic E-state index is 10.5. The molecular weight excluding hydrogens is 196 g/mol. The maximum absolute atomic E-state index is 10.5. The van der Waals surface area contributed by atoms with E-state index in [9.17, 15) is 4.79 Å². The average Bonchev–Trinajstić information content (AvgIpc) is 2.18. The summed E-state index contributed by atoms with van der Waals surface area (Å²) in [5.74, 6) is 0.326. The molecule has 0 aliphatic rings. The number of carbonyl (C=O) groups is 1. The number of rotatable bonds is 4. The monoisotopic (exact) mass is 208 g/mol. The number of benzene rings is 1. The lowest BCUT2D eigenvalue weighted by Gasteiger charge is -2.05. The van der Waals surface area contributed by atoms with E-state index in [1.54, 1.807) is 0 Å². The summed E-state index contributed by atoms with van der Waals surface area (Å²) < 4.78 is 0. The van der Waals surface area contributed by atoms with Gasteiger partial charge in [-0.15, -0.1) is 0 Å². The number of allylic oxidation sites excluding steroid dienone is 2. The predicted octanol–water partition coefficient (Wildman–Crippen LogP) is 3.50. The lowest BCUT2D eigenvalue weighted by atomic mass is 10.0. The van der Waals surface area contributed by atoms with E-state index < -0.39 is 0 Å². The first kappa shape index (κ1) is 11.0. The van der Waals surface area contributed by atoms with Crippen LogP contribution < -0.4 is 0 Å². The second-order valence-corrected chi connectivity index (χ2v) is 3.61. The highest BCUT2D eigenvalue weighted by Crippen LogP contribution is 2.15. The molecule has 0 fully saturated rings. The van der Waals surface area contributed by atoms with E-state index in [1.165, 1.54) is 5.56 Å². The van der Waals surface area contributed by atoms with Crippen LogP contribution in [0.15, 0.2) is 42.5 Å². The fourth-order valence-electron chi connectivity index (χ4n) is 1.23. The highest BCUT2D eigenvalue weighted by Gasteiger charge is 1.99. The Bertz CT molecular complexity index is 316. The molecule has 1 aromatic carbocycles. The normalized spacial score (nSPS) is 13.0. The zero-order valence-corrected chi connectivity index (χ0v) is 8.87. The van der Waals surface area contributed by atoms with Gasteiger partial charge in [-0.3, -0.25) is 4.79 Å². The van der Waals surface area contributed by atoms with E-state index in [0.717, 1.165) is 0 Å². The first-order valence-electron chi connectivity index (χ1n) is 4.60. The van der Waals surface area contributed by atoms with Crippen LogP contribution in [0.3, 0.4) is 0 Å². The van der Waals surface area contributed by atoms with Crippen molar-refractivity contribution in [2.24, 2.45) is 0 Å². The molecule has 74 valence electrons. The van der Waals surface area contributed by atoms with E-state index in [0.29, 0.717) is 12.3 Å². The number of halogens is 1. The molecule has 1 atom stereocenters. The van der Waals surface area contributed by atoms with Gasteiger partial charge < -0.3 is 0 Å². The Balaban J connectivity index is 2.54. The van der Waals surface area contributed by atoms with Gasteiger partial charge in [-0.2, -0.15) is 0 Å². The van der Waals surface area contributed by atoms with Gasteiger partial charge in [0.05, 0.1) is 0 Å². The van der Waals surface area contributed by atoms with Gasteiger partial charge >= 0.3 is 0 Å².